The Labute approximate surface area is 272 Å². The number of hydrogen-bond acceptors (Lipinski definition) is 5. The molecule has 3 heterocycles. The van der Waals surface area contributed by atoms with Gasteiger partial charge in [-0.05, 0) is 43.0 Å². The summed E-state index contributed by atoms with van der Waals surface area (Å²) < 4.78 is 6.75. The third kappa shape index (κ3) is 5.42. The topological polar surface area (TPSA) is 90.4 Å². The van der Waals surface area contributed by atoms with Crippen molar-refractivity contribution < 1.29 is 24.2 Å². The maximum Gasteiger partial charge on any atom is 0.253 e. The number of halogens is 2. The van der Waals surface area contributed by atoms with Gasteiger partial charge in [0.25, 0.3) is 5.91 Å². The van der Waals surface area contributed by atoms with Crippen LogP contribution in [0.4, 0.5) is 11.4 Å². The van der Waals surface area contributed by atoms with Crippen molar-refractivity contribution in [1.82, 2.24) is 4.90 Å². The summed E-state index contributed by atoms with van der Waals surface area (Å²) in [5.41, 5.74) is -0.138. The van der Waals surface area contributed by atoms with Crippen LogP contribution >= 0.6 is 27.5 Å². The van der Waals surface area contributed by atoms with Crippen LogP contribution in [0.2, 0.25) is 5.02 Å². The Bertz CT molecular complexity index is 1420. The maximum atomic E-state index is 14.9. The van der Waals surface area contributed by atoms with Gasteiger partial charge in [0.1, 0.15) is 11.6 Å². The molecule has 3 aliphatic rings. The quantitative estimate of drug-likeness (QED) is 0.244. The Morgan fingerprint density at radius 3 is 2.34 bits per heavy atom. The van der Waals surface area contributed by atoms with Gasteiger partial charge in [-0.15, -0.1) is 13.2 Å². The monoisotopic (exact) mass is 683 g/mol. The zero-order valence-corrected chi connectivity index (χ0v) is 27.4. The third-order valence-electron chi connectivity index (χ3n) is 8.96. The molecule has 3 fully saturated rings. The Morgan fingerprint density at radius 1 is 1.09 bits per heavy atom. The lowest BCUT2D eigenvalue weighted by molar-refractivity contribution is -0.144. The molecule has 0 radical (unpaired) electrons. The van der Waals surface area contributed by atoms with Gasteiger partial charge in [0, 0.05) is 23.6 Å². The fourth-order valence-electron chi connectivity index (χ4n) is 7.34. The fraction of sp³-hybridized carbons (Fsp3) is 0.441. The molecule has 3 saturated heterocycles. The number of anilines is 2. The van der Waals surface area contributed by atoms with Crippen molar-refractivity contribution in [3.8, 4) is 0 Å². The van der Waals surface area contributed by atoms with Crippen LogP contribution in [0, 0.1) is 17.8 Å². The lowest BCUT2D eigenvalue weighted by Crippen LogP contribution is -2.59. The standard InChI is InChI=1S/C34H39BrClN3O5/c1-5-16-37(22-12-8-7-9-13-22)31(41)27-28-32(42)39(23(20-40)18-21(3)4)30(34(28)19-24(35)29(27)44-34)33(43)38(17-6-2)26-15-11-10-14-25(26)36/h5-15,21,23-24,27-30,40H,1-2,16-20H2,3-4H3/t23-,24?,27-,28+,29-,30?,34?/m1/s1. The van der Waals surface area contributed by atoms with Gasteiger partial charge >= 0.3 is 0 Å². The average Bonchev–Trinajstić information content (AvgIpc) is 3.61. The first-order valence-corrected chi connectivity index (χ1v) is 16.3. The number of rotatable bonds is 12. The summed E-state index contributed by atoms with van der Waals surface area (Å²) in [7, 11) is 0. The SMILES string of the molecule is C=CCN(C(=O)[C@H]1[C@@H]2OC3(CC2Br)C(C(=O)N(CC=C)c2ccccc2Cl)N([C@@H](CO)CC(C)C)C(=O)[C@H]13)c1ccccc1. The van der Waals surface area contributed by atoms with Crippen LogP contribution in [0.5, 0.6) is 0 Å². The second-order valence-electron chi connectivity index (χ2n) is 12.1. The Kier molecular flexibility index (Phi) is 9.70. The van der Waals surface area contributed by atoms with E-state index in [1.807, 2.05) is 44.2 Å². The highest BCUT2D eigenvalue weighted by molar-refractivity contribution is 9.09. The van der Waals surface area contributed by atoms with Crippen molar-refractivity contribution in [2.75, 3.05) is 29.5 Å². The number of alkyl halides is 1. The molecular weight excluding hydrogens is 646 g/mol. The Hall–Kier alpha value is -2.98. The molecule has 234 valence electrons. The Balaban J connectivity index is 1.64. The van der Waals surface area contributed by atoms with Gasteiger partial charge in [0.05, 0.1) is 41.3 Å². The minimum absolute atomic E-state index is 0.126. The number of para-hydroxylation sites is 2. The number of carbonyl (C=O) groups is 3. The molecule has 8 nitrogen and oxygen atoms in total. The fourth-order valence-corrected chi connectivity index (χ4v) is 8.52. The predicted molar refractivity (Wildman–Crippen MR) is 176 cm³/mol. The second-order valence-corrected chi connectivity index (χ2v) is 13.7. The van der Waals surface area contributed by atoms with E-state index in [0.29, 0.717) is 29.2 Å². The number of hydrogen-bond donors (Lipinski definition) is 1. The van der Waals surface area contributed by atoms with Crippen molar-refractivity contribution in [3.63, 3.8) is 0 Å². The largest absolute Gasteiger partial charge is 0.394 e. The van der Waals surface area contributed by atoms with Crippen molar-refractivity contribution in [3.05, 3.63) is 84.9 Å². The minimum Gasteiger partial charge on any atom is -0.394 e. The van der Waals surface area contributed by atoms with Gasteiger partial charge in [-0.3, -0.25) is 14.4 Å². The molecule has 5 rings (SSSR count). The van der Waals surface area contributed by atoms with Crippen LogP contribution in [-0.2, 0) is 19.1 Å². The summed E-state index contributed by atoms with van der Waals surface area (Å²) >= 11 is 10.3. The predicted octanol–water partition coefficient (Wildman–Crippen LogP) is 5.23. The number of aliphatic hydroxyl groups is 1. The highest BCUT2D eigenvalue weighted by atomic mass is 79.9. The van der Waals surface area contributed by atoms with E-state index in [4.69, 9.17) is 16.3 Å². The molecule has 3 aliphatic heterocycles. The number of aliphatic hydroxyl groups excluding tert-OH is 1. The maximum absolute atomic E-state index is 14.9. The van der Waals surface area contributed by atoms with Gasteiger partial charge in [-0.2, -0.15) is 0 Å². The number of likely N-dealkylation sites (tertiary alicyclic amines) is 1. The highest BCUT2D eigenvalue weighted by Gasteiger charge is 2.77. The number of ether oxygens (including phenoxy) is 1. The summed E-state index contributed by atoms with van der Waals surface area (Å²) in [5, 5.41) is 11.0. The van der Waals surface area contributed by atoms with Gasteiger partial charge in [-0.25, -0.2) is 0 Å². The number of amides is 3. The molecule has 2 bridgehead atoms. The number of carbonyl (C=O) groups excluding carboxylic acids is 3. The number of nitrogens with zero attached hydrogens (tertiary/aromatic N) is 3. The smallest absolute Gasteiger partial charge is 0.253 e. The van der Waals surface area contributed by atoms with Gasteiger partial charge in [-0.1, -0.05) is 83.9 Å². The lowest BCUT2D eigenvalue weighted by Gasteiger charge is -2.40. The van der Waals surface area contributed by atoms with Crippen LogP contribution in [0.25, 0.3) is 0 Å². The normalized spacial score (nSPS) is 27.7. The van der Waals surface area contributed by atoms with E-state index in [1.165, 1.54) is 9.80 Å². The van der Waals surface area contributed by atoms with E-state index in [9.17, 15) is 19.5 Å². The molecule has 0 saturated carbocycles. The zero-order chi connectivity index (χ0) is 31.8. The van der Waals surface area contributed by atoms with Crippen LogP contribution < -0.4 is 9.80 Å². The summed E-state index contributed by atoms with van der Waals surface area (Å²) in [6.07, 6.45) is 3.44. The van der Waals surface area contributed by atoms with Crippen molar-refractivity contribution in [1.29, 1.82) is 0 Å². The molecule has 0 aliphatic carbocycles. The molecule has 2 aromatic carbocycles. The van der Waals surface area contributed by atoms with Crippen molar-refractivity contribution in [2.24, 2.45) is 17.8 Å². The molecule has 44 heavy (non-hydrogen) atoms. The molecule has 0 aromatic heterocycles. The van der Waals surface area contributed by atoms with E-state index >= 15 is 0 Å². The zero-order valence-electron chi connectivity index (χ0n) is 25.0. The lowest BCUT2D eigenvalue weighted by atomic mass is 9.70. The van der Waals surface area contributed by atoms with Crippen LogP contribution in [0.1, 0.15) is 26.7 Å². The van der Waals surface area contributed by atoms with Crippen molar-refractivity contribution >= 4 is 56.6 Å². The Morgan fingerprint density at radius 2 is 1.73 bits per heavy atom. The van der Waals surface area contributed by atoms with Gasteiger partial charge < -0.3 is 24.5 Å². The minimum atomic E-state index is -1.30. The number of fused-ring (bicyclic) bond motifs is 1. The molecule has 3 unspecified atom stereocenters. The van der Waals surface area contributed by atoms with Crippen LogP contribution in [-0.4, -0.2) is 76.0 Å². The molecule has 2 aromatic rings. The molecule has 7 atom stereocenters. The third-order valence-corrected chi connectivity index (χ3v) is 10.1. The molecule has 10 heteroatoms. The highest BCUT2D eigenvalue weighted by Crippen LogP contribution is 2.61. The number of benzene rings is 2. The molecule has 1 spiro atoms. The van der Waals surface area contributed by atoms with E-state index in [0.717, 1.165) is 0 Å². The average molecular weight is 685 g/mol. The van der Waals surface area contributed by atoms with Crippen molar-refractivity contribution in [2.45, 2.75) is 55.3 Å². The first-order valence-electron chi connectivity index (χ1n) is 15.0. The van der Waals surface area contributed by atoms with E-state index in [1.54, 1.807) is 41.3 Å². The first-order chi connectivity index (χ1) is 21.1. The van der Waals surface area contributed by atoms with E-state index in [-0.39, 0.29) is 42.3 Å². The molecule has 1 N–H and O–H groups in total. The molecule has 3 amide bonds. The van der Waals surface area contributed by atoms with Gasteiger partial charge in [0.2, 0.25) is 11.8 Å². The summed E-state index contributed by atoms with van der Waals surface area (Å²) in [5.74, 6) is -2.66. The second kappa shape index (κ2) is 13.2. The van der Waals surface area contributed by atoms with E-state index < -0.39 is 41.5 Å². The van der Waals surface area contributed by atoms with Crippen LogP contribution in [0.3, 0.4) is 0 Å². The van der Waals surface area contributed by atoms with Gasteiger partial charge in [0.15, 0.2) is 0 Å². The summed E-state index contributed by atoms with van der Waals surface area (Å²) in [6, 6.07) is 14.5. The summed E-state index contributed by atoms with van der Waals surface area (Å²) in [6.45, 7) is 11.8. The van der Waals surface area contributed by atoms with E-state index in [2.05, 4.69) is 29.1 Å². The van der Waals surface area contributed by atoms with Crippen LogP contribution in [0.15, 0.2) is 79.9 Å². The molecular formula is C34H39BrClN3O5. The first kappa shape index (κ1) is 32.4. The summed E-state index contributed by atoms with van der Waals surface area (Å²) in [4.78, 5) is 48.4.